The number of benzene rings is 2. The molecule has 2 aromatic carbocycles. The second-order valence-electron chi connectivity index (χ2n) is 8.22. The van der Waals surface area contributed by atoms with E-state index in [-0.39, 0.29) is 35.5 Å². The Balaban J connectivity index is 1.48. The van der Waals surface area contributed by atoms with Crippen molar-refractivity contribution >= 4 is 15.9 Å². The van der Waals surface area contributed by atoms with E-state index >= 15 is 0 Å². The molecule has 0 bridgehead atoms. The van der Waals surface area contributed by atoms with Crippen molar-refractivity contribution in [2.75, 3.05) is 6.54 Å². The number of sulfonamides is 1. The van der Waals surface area contributed by atoms with Gasteiger partial charge in [-0.05, 0) is 72.5 Å². The number of aromatic nitrogens is 1. The predicted octanol–water partition coefficient (Wildman–Crippen LogP) is 4.52. The molecule has 36 heavy (non-hydrogen) atoms. The van der Waals surface area contributed by atoms with Gasteiger partial charge in [0.05, 0.1) is 4.90 Å². The minimum absolute atomic E-state index is 0.114. The molecule has 1 fully saturated rings. The molecule has 1 aliphatic rings. The Morgan fingerprint density at radius 3 is 2.36 bits per heavy atom. The minimum Gasteiger partial charge on any atom is -0.351 e. The van der Waals surface area contributed by atoms with Gasteiger partial charge < -0.3 is 5.32 Å². The summed E-state index contributed by atoms with van der Waals surface area (Å²) < 4.78 is 92.6. The molecular weight excluding hydrogens is 505 g/mol. The molecule has 4 rings (SSSR count). The fourth-order valence-electron chi connectivity index (χ4n) is 3.99. The molecular formula is C24H20F5N3O3S. The average molecular weight is 525 g/mol. The molecule has 6 nitrogen and oxygen atoms in total. The van der Waals surface area contributed by atoms with E-state index in [9.17, 15) is 35.2 Å². The van der Waals surface area contributed by atoms with Crippen LogP contribution in [-0.2, 0) is 27.5 Å². The lowest BCUT2D eigenvalue weighted by Crippen LogP contribution is -2.45. The van der Waals surface area contributed by atoms with E-state index in [0.717, 1.165) is 53.0 Å². The van der Waals surface area contributed by atoms with Gasteiger partial charge in [0.2, 0.25) is 15.9 Å². The highest BCUT2D eigenvalue weighted by molar-refractivity contribution is 7.89. The van der Waals surface area contributed by atoms with Gasteiger partial charge in [-0.2, -0.15) is 17.5 Å². The van der Waals surface area contributed by atoms with Crippen molar-refractivity contribution < 1.29 is 35.2 Å². The van der Waals surface area contributed by atoms with Crippen LogP contribution in [0.5, 0.6) is 0 Å². The van der Waals surface area contributed by atoms with Crippen LogP contribution in [0.25, 0.3) is 11.1 Å². The van der Waals surface area contributed by atoms with Crippen LogP contribution in [0.4, 0.5) is 22.0 Å². The fraction of sp³-hybridized carbons (Fsp3) is 0.250. The summed E-state index contributed by atoms with van der Waals surface area (Å²) in [5.74, 6) is -1.84. The molecule has 12 heteroatoms. The summed E-state index contributed by atoms with van der Waals surface area (Å²) in [7, 11) is -4.04. The van der Waals surface area contributed by atoms with Crippen LogP contribution in [0.2, 0.25) is 0 Å². The summed E-state index contributed by atoms with van der Waals surface area (Å²) in [5, 5.41) is 2.60. The molecule has 3 aromatic rings. The van der Waals surface area contributed by atoms with E-state index in [1.807, 2.05) is 0 Å². The summed E-state index contributed by atoms with van der Waals surface area (Å²) >= 11 is 0. The van der Waals surface area contributed by atoms with Crippen LogP contribution in [-0.4, -0.2) is 36.2 Å². The molecule has 0 radical (unpaired) electrons. The first-order chi connectivity index (χ1) is 16.9. The van der Waals surface area contributed by atoms with Crippen LogP contribution in [0.1, 0.15) is 24.1 Å². The molecule has 0 saturated carbocycles. The predicted molar refractivity (Wildman–Crippen MR) is 120 cm³/mol. The SMILES string of the molecule is O=C(NCc1cc(F)cc(-c2ccc(C(F)(F)F)nc2)c1)C1CCCN1S(=O)(=O)c1ccc(F)cc1. The van der Waals surface area contributed by atoms with Gasteiger partial charge in [0.1, 0.15) is 23.4 Å². The van der Waals surface area contributed by atoms with Gasteiger partial charge in [-0.25, -0.2) is 17.2 Å². The van der Waals surface area contributed by atoms with E-state index < -0.39 is 45.5 Å². The van der Waals surface area contributed by atoms with Crippen molar-refractivity contribution in [1.29, 1.82) is 0 Å². The lowest BCUT2D eigenvalue weighted by Gasteiger charge is -2.23. The highest BCUT2D eigenvalue weighted by Gasteiger charge is 2.39. The number of halogens is 5. The molecule has 0 aliphatic carbocycles. The third kappa shape index (κ3) is 5.54. The summed E-state index contributed by atoms with van der Waals surface area (Å²) in [6, 6.07) is 9.04. The van der Waals surface area contributed by atoms with Gasteiger partial charge in [0, 0.05) is 24.8 Å². The third-order valence-corrected chi connectivity index (χ3v) is 7.66. The lowest BCUT2D eigenvalue weighted by molar-refractivity contribution is -0.141. The molecule has 190 valence electrons. The number of carbonyl (C=O) groups excluding carboxylic acids is 1. The maximum atomic E-state index is 14.2. The minimum atomic E-state index is -4.60. The number of hydrogen-bond acceptors (Lipinski definition) is 4. The molecule has 1 unspecified atom stereocenters. The Morgan fingerprint density at radius 1 is 1.00 bits per heavy atom. The summed E-state index contributed by atoms with van der Waals surface area (Å²) in [5.41, 5.74) is -0.236. The van der Waals surface area contributed by atoms with E-state index in [1.54, 1.807) is 0 Å². The van der Waals surface area contributed by atoms with Gasteiger partial charge in [-0.15, -0.1) is 0 Å². The first kappa shape index (κ1) is 25.7. The van der Waals surface area contributed by atoms with Crippen molar-refractivity contribution in [2.24, 2.45) is 0 Å². The Kier molecular flexibility index (Phi) is 7.10. The number of carbonyl (C=O) groups is 1. The Hall–Kier alpha value is -3.38. The molecule has 1 saturated heterocycles. The maximum Gasteiger partial charge on any atom is 0.433 e. The number of nitrogens with one attached hydrogen (secondary N) is 1. The van der Waals surface area contributed by atoms with Gasteiger partial charge in [0.25, 0.3) is 0 Å². The van der Waals surface area contributed by atoms with Crippen LogP contribution >= 0.6 is 0 Å². The van der Waals surface area contributed by atoms with E-state index in [1.165, 1.54) is 12.1 Å². The van der Waals surface area contributed by atoms with Crippen LogP contribution in [0.15, 0.2) is 65.7 Å². The Morgan fingerprint density at radius 2 is 1.72 bits per heavy atom. The zero-order chi connectivity index (χ0) is 26.1. The smallest absolute Gasteiger partial charge is 0.351 e. The second kappa shape index (κ2) is 9.94. The highest BCUT2D eigenvalue weighted by Crippen LogP contribution is 2.30. The number of amides is 1. The second-order valence-corrected chi connectivity index (χ2v) is 10.1. The molecule has 1 aliphatic heterocycles. The van der Waals surface area contributed by atoms with Crippen molar-refractivity contribution in [3.05, 3.63) is 83.7 Å². The Labute approximate surface area is 203 Å². The largest absolute Gasteiger partial charge is 0.433 e. The molecule has 1 aromatic heterocycles. The van der Waals surface area contributed by atoms with E-state index in [2.05, 4.69) is 10.3 Å². The zero-order valence-corrected chi connectivity index (χ0v) is 19.4. The summed E-state index contributed by atoms with van der Waals surface area (Å²) in [4.78, 5) is 16.1. The van der Waals surface area contributed by atoms with E-state index in [4.69, 9.17) is 0 Å². The molecule has 1 atom stereocenters. The topological polar surface area (TPSA) is 79.4 Å². The molecule has 1 amide bonds. The summed E-state index contributed by atoms with van der Waals surface area (Å²) in [6.45, 7) is -0.0264. The number of alkyl halides is 3. The van der Waals surface area contributed by atoms with Crippen molar-refractivity contribution in [2.45, 2.75) is 36.5 Å². The fourth-order valence-corrected chi connectivity index (χ4v) is 5.65. The zero-order valence-electron chi connectivity index (χ0n) is 18.6. The number of rotatable bonds is 6. The molecule has 1 N–H and O–H groups in total. The average Bonchev–Trinajstić information content (AvgIpc) is 3.33. The first-order valence-electron chi connectivity index (χ1n) is 10.8. The number of hydrogen-bond donors (Lipinski definition) is 1. The van der Waals surface area contributed by atoms with E-state index in [0.29, 0.717) is 12.0 Å². The standard InChI is InChI=1S/C24H20F5N3O3S/c25-18-4-6-20(7-5-18)36(34,35)32-9-1-2-21(32)23(33)31-13-15-10-17(12-19(26)11-15)16-3-8-22(30-14-16)24(27,28)29/h3-8,10-12,14,21H,1-2,9,13H2,(H,31,33). The van der Waals surface area contributed by atoms with Crippen molar-refractivity contribution in [3.8, 4) is 11.1 Å². The van der Waals surface area contributed by atoms with Crippen LogP contribution in [0, 0.1) is 11.6 Å². The first-order valence-corrected chi connectivity index (χ1v) is 12.3. The highest BCUT2D eigenvalue weighted by atomic mass is 32.2. The Bertz CT molecular complexity index is 1360. The maximum absolute atomic E-state index is 14.2. The monoisotopic (exact) mass is 525 g/mol. The molecule has 2 heterocycles. The van der Waals surface area contributed by atoms with Gasteiger partial charge in [-0.1, -0.05) is 6.07 Å². The van der Waals surface area contributed by atoms with Gasteiger partial charge in [0.15, 0.2) is 0 Å². The third-order valence-electron chi connectivity index (χ3n) is 5.74. The number of pyridine rings is 1. The van der Waals surface area contributed by atoms with Gasteiger partial charge in [-0.3, -0.25) is 9.78 Å². The summed E-state index contributed by atoms with van der Waals surface area (Å²) in [6.07, 6.45) is -2.90. The molecule has 0 spiro atoms. The number of nitrogens with zero attached hydrogens (tertiary/aromatic N) is 2. The van der Waals surface area contributed by atoms with Crippen molar-refractivity contribution in [3.63, 3.8) is 0 Å². The van der Waals surface area contributed by atoms with Crippen LogP contribution < -0.4 is 5.32 Å². The van der Waals surface area contributed by atoms with Crippen molar-refractivity contribution in [1.82, 2.24) is 14.6 Å². The lowest BCUT2D eigenvalue weighted by atomic mass is 10.0. The van der Waals surface area contributed by atoms with Gasteiger partial charge >= 0.3 is 6.18 Å². The van der Waals surface area contributed by atoms with Crippen LogP contribution in [0.3, 0.4) is 0 Å². The normalized spacial score (nSPS) is 16.8. The quantitative estimate of drug-likeness (QED) is 0.481.